The predicted octanol–water partition coefficient (Wildman–Crippen LogP) is 2.59. The number of alkyl halides is 1. The summed E-state index contributed by atoms with van der Waals surface area (Å²) in [5.41, 5.74) is -0.938. The molecule has 2 fully saturated rings. The Morgan fingerprint density at radius 3 is 2.25 bits per heavy atom. The van der Waals surface area contributed by atoms with Crippen LogP contribution < -0.4 is 5.32 Å². The normalized spacial score (nSPS) is 25.5. The highest BCUT2D eigenvalue weighted by Crippen LogP contribution is 2.24. The maximum atomic E-state index is 13.8. The van der Waals surface area contributed by atoms with Gasteiger partial charge in [-0.15, -0.1) is 0 Å². The molecule has 2 nitrogen and oxygen atoms in total. The number of hydrogen-bond acceptors (Lipinski definition) is 2. The van der Waals surface area contributed by atoms with Gasteiger partial charge >= 0.3 is 0 Å². The number of likely N-dealkylation sites (tertiary alicyclic amines) is 1. The Hall–Kier alpha value is -0.150. The topological polar surface area (TPSA) is 15.3 Å². The second kappa shape index (κ2) is 6.55. The molecule has 2 rings (SSSR count). The first-order valence-electron chi connectivity index (χ1n) is 6.79. The molecule has 1 aliphatic carbocycles. The zero-order chi connectivity index (χ0) is 12.0. The number of rotatable bonds is 3. The average Bonchev–Trinajstić information content (AvgIpc) is 2.29. The van der Waals surface area contributed by atoms with Crippen LogP contribution >= 0.6 is 0 Å². The minimum Gasteiger partial charge on any atom is -0.311 e. The molecule has 0 aromatic heterocycles. The van der Waals surface area contributed by atoms with Crippen LogP contribution in [-0.2, 0) is 0 Å². The maximum Gasteiger partial charge on any atom is 0.148 e. The summed E-state index contributed by atoms with van der Waals surface area (Å²) >= 11 is 0. The molecule has 1 N–H and O–H groups in total. The van der Waals surface area contributed by atoms with Crippen molar-refractivity contribution in [3.8, 4) is 0 Å². The highest BCUT2D eigenvalue weighted by atomic mass is 19.1. The van der Waals surface area contributed by atoms with Crippen LogP contribution in [0.25, 0.3) is 0 Å². The van der Waals surface area contributed by atoms with E-state index in [0.29, 0.717) is 25.7 Å². The highest BCUT2D eigenvalue weighted by Gasteiger charge is 2.41. The molecule has 2 aliphatic rings. The Morgan fingerprint density at radius 2 is 1.75 bits per heavy atom. The van der Waals surface area contributed by atoms with Gasteiger partial charge in [0.25, 0.3) is 0 Å². The van der Waals surface area contributed by atoms with Crippen LogP contribution in [0, 0.1) is 0 Å². The van der Waals surface area contributed by atoms with Crippen LogP contribution in [0.1, 0.15) is 46.0 Å². The smallest absolute Gasteiger partial charge is 0.148 e. The van der Waals surface area contributed by atoms with Crippen LogP contribution in [0.4, 0.5) is 4.39 Å². The van der Waals surface area contributed by atoms with Gasteiger partial charge in [-0.05, 0) is 19.9 Å². The van der Waals surface area contributed by atoms with Gasteiger partial charge in [0.1, 0.15) is 5.67 Å². The van der Waals surface area contributed by atoms with Crippen molar-refractivity contribution in [3.05, 3.63) is 0 Å². The Bertz CT molecular complexity index is 184. The van der Waals surface area contributed by atoms with Gasteiger partial charge in [-0.25, -0.2) is 4.39 Å². The second-order valence-electron chi connectivity index (χ2n) is 5.04. The first-order chi connectivity index (χ1) is 7.68. The molecule has 1 heterocycles. The Labute approximate surface area is 99.6 Å². The van der Waals surface area contributed by atoms with Crippen LogP contribution in [-0.4, -0.2) is 43.3 Å². The molecule has 0 aromatic carbocycles. The van der Waals surface area contributed by atoms with Gasteiger partial charge in [0.2, 0.25) is 0 Å². The van der Waals surface area contributed by atoms with Gasteiger partial charge in [0.15, 0.2) is 0 Å². The Balaban J connectivity index is 0.000000606. The van der Waals surface area contributed by atoms with E-state index in [4.69, 9.17) is 0 Å². The summed E-state index contributed by atoms with van der Waals surface area (Å²) in [5.74, 6) is 0. The minimum atomic E-state index is -0.938. The fraction of sp³-hybridized carbons (Fsp3) is 1.00. The number of hydrogen-bond donors (Lipinski definition) is 1. The zero-order valence-corrected chi connectivity index (χ0v) is 11.1. The van der Waals surface area contributed by atoms with Gasteiger partial charge in [0, 0.05) is 25.7 Å². The standard InChI is InChI=1S/C11H21FN2.C2H6/c1-14-8-11(12,9-14)7-13-10-5-3-2-4-6-10;1-2/h10,13H,2-9H2,1H3;1-2H3. The number of nitrogens with zero attached hydrogens (tertiary/aromatic N) is 1. The van der Waals surface area contributed by atoms with E-state index in [2.05, 4.69) is 5.32 Å². The molecule has 1 aliphatic heterocycles. The quantitative estimate of drug-likeness (QED) is 0.801. The van der Waals surface area contributed by atoms with Crippen molar-refractivity contribution >= 4 is 0 Å². The molecule has 0 radical (unpaired) electrons. The molecule has 0 bridgehead atoms. The largest absolute Gasteiger partial charge is 0.311 e. The van der Waals surface area contributed by atoms with Gasteiger partial charge in [0.05, 0.1) is 0 Å². The molecule has 0 unspecified atom stereocenters. The SMILES string of the molecule is CC.CN1CC(F)(CNC2CCCCC2)C1. The molecule has 1 saturated heterocycles. The summed E-state index contributed by atoms with van der Waals surface area (Å²) in [4.78, 5) is 2.03. The van der Waals surface area contributed by atoms with Crippen LogP contribution in [0.2, 0.25) is 0 Å². The molecule has 1 saturated carbocycles. The van der Waals surface area contributed by atoms with Crippen molar-refractivity contribution < 1.29 is 4.39 Å². The van der Waals surface area contributed by atoms with E-state index >= 15 is 0 Å². The zero-order valence-electron chi connectivity index (χ0n) is 11.1. The van der Waals surface area contributed by atoms with Gasteiger partial charge in [-0.1, -0.05) is 33.1 Å². The Kier molecular flexibility index (Phi) is 5.70. The van der Waals surface area contributed by atoms with E-state index in [-0.39, 0.29) is 0 Å². The van der Waals surface area contributed by atoms with Crippen molar-refractivity contribution in [2.45, 2.75) is 57.7 Å². The average molecular weight is 230 g/mol. The monoisotopic (exact) mass is 230 g/mol. The molecule has 96 valence electrons. The number of nitrogens with one attached hydrogen (secondary N) is 1. The van der Waals surface area contributed by atoms with Crippen molar-refractivity contribution in [1.29, 1.82) is 0 Å². The molecular weight excluding hydrogens is 203 g/mol. The van der Waals surface area contributed by atoms with Gasteiger partial charge in [-0.2, -0.15) is 0 Å². The lowest BCUT2D eigenvalue weighted by atomic mass is 9.93. The third-order valence-electron chi connectivity index (χ3n) is 3.42. The molecule has 16 heavy (non-hydrogen) atoms. The summed E-state index contributed by atoms with van der Waals surface area (Å²) in [7, 11) is 1.97. The maximum absolute atomic E-state index is 13.8. The van der Waals surface area contributed by atoms with Crippen LogP contribution in [0.5, 0.6) is 0 Å². The van der Waals surface area contributed by atoms with E-state index in [1.807, 2.05) is 25.8 Å². The summed E-state index contributed by atoms with van der Waals surface area (Å²) in [5, 5.41) is 3.38. The first-order valence-corrected chi connectivity index (χ1v) is 6.79. The predicted molar refractivity (Wildman–Crippen MR) is 67.6 cm³/mol. The molecule has 0 spiro atoms. The van der Waals surface area contributed by atoms with Crippen molar-refractivity contribution in [1.82, 2.24) is 10.2 Å². The fourth-order valence-electron chi connectivity index (χ4n) is 2.67. The first kappa shape index (κ1) is 13.9. The van der Waals surface area contributed by atoms with Crippen molar-refractivity contribution in [2.75, 3.05) is 26.7 Å². The Morgan fingerprint density at radius 1 is 1.19 bits per heavy atom. The van der Waals surface area contributed by atoms with Crippen molar-refractivity contribution in [3.63, 3.8) is 0 Å². The molecule has 0 amide bonds. The van der Waals surface area contributed by atoms with E-state index < -0.39 is 5.67 Å². The lowest BCUT2D eigenvalue weighted by Gasteiger charge is -2.43. The third-order valence-corrected chi connectivity index (χ3v) is 3.42. The van der Waals surface area contributed by atoms with Crippen LogP contribution in [0.3, 0.4) is 0 Å². The summed E-state index contributed by atoms with van der Waals surface area (Å²) < 4.78 is 13.8. The van der Waals surface area contributed by atoms with E-state index in [1.54, 1.807) is 0 Å². The lowest BCUT2D eigenvalue weighted by Crippen LogP contribution is -2.62. The molecular formula is C13H27FN2. The summed E-state index contributed by atoms with van der Waals surface area (Å²) in [6, 6.07) is 0.585. The van der Waals surface area contributed by atoms with E-state index in [1.165, 1.54) is 32.1 Å². The third kappa shape index (κ3) is 4.02. The highest BCUT2D eigenvalue weighted by molar-refractivity contribution is 4.96. The van der Waals surface area contributed by atoms with Crippen LogP contribution in [0.15, 0.2) is 0 Å². The molecule has 0 aromatic rings. The van der Waals surface area contributed by atoms with E-state index in [9.17, 15) is 4.39 Å². The van der Waals surface area contributed by atoms with Crippen molar-refractivity contribution in [2.24, 2.45) is 0 Å². The van der Waals surface area contributed by atoms with Gasteiger partial charge < -0.3 is 5.32 Å². The second-order valence-corrected chi connectivity index (χ2v) is 5.04. The summed E-state index contributed by atoms with van der Waals surface area (Å²) in [6.07, 6.45) is 6.48. The van der Waals surface area contributed by atoms with Gasteiger partial charge in [-0.3, -0.25) is 4.90 Å². The molecule has 3 heteroatoms. The lowest BCUT2D eigenvalue weighted by molar-refractivity contribution is -0.0163. The minimum absolute atomic E-state index is 0.558. The fourth-order valence-corrected chi connectivity index (χ4v) is 2.67. The van der Waals surface area contributed by atoms with E-state index in [0.717, 1.165) is 0 Å². The summed E-state index contributed by atoms with van der Waals surface area (Å²) in [6.45, 7) is 5.77. The molecule has 0 atom stereocenters. The number of halogens is 1.